The van der Waals surface area contributed by atoms with Gasteiger partial charge in [0.05, 0.1) is 28.1 Å². The number of benzene rings is 1. The van der Waals surface area contributed by atoms with Crippen molar-refractivity contribution >= 4 is 5.95 Å². The van der Waals surface area contributed by atoms with E-state index in [1.54, 1.807) is 12.3 Å². The van der Waals surface area contributed by atoms with Crippen molar-refractivity contribution in [1.82, 2.24) is 20.2 Å². The predicted molar refractivity (Wildman–Crippen MR) is 105 cm³/mol. The van der Waals surface area contributed by atoms with Gasteiger partial charge in [-0.3, -0.25) is 0 Å². The topological polar surface area (TPSA) is 77.6 Å². The molecule has 3 aromatic rings. The molecule has 1 aromatic carbocycles. The van der Waals surface area contributed by atoms with E-state index >= 15 is 0 Å². The van der Waals surface area contributed by atoms with Crippen LogP contribution in [-0.2, 0) is 5.41 Å². The van der Waals surface area contributed by atoms with E-state index in [-0.39, 0.29) is 28.5 Å². The van der Waals surface area contributed by atoms with Gasteiger partial charge in [-0.15, -0.1) is 5.10 Å². The molecule has 0 radical (unpaired) electrons. The third kappa shape index (κ3) is 2.18. The summed E-state index contributed by atoms with van der Waals surface area (Å²) < 4.78 is 28.7. The van der Waals surface area contributed by atoms with Crippen LogP contribution in [0.25, 0.3) is 11.3 Å². The number of fused-ring (bicyclic) bond motifs is 5. The zero-order valence-electron chi connectivity index (χ0n) is 16.5. The number of nitrogens with two attached hydrogens (primary N) is 1. The lowest BCUT2D eigenvalue weighted by molar-refractivity contribution is 0.242. The van der Waals surface area contributed by atoms with Gasteiger partial charge in [0.25, 0.3) is 0 Å². The van der Waals surface area contributed by atoms with Crippen LogP contribution in [0.5, 0.6) is 0 Å². The highest BCUT2D eigenvalue weighted by atomic mass is 19.1. The number of rotatable bonds is 2. The van der Waals surface area contributed by atoms with Gasteiger partial charge in [-0.25, -0.2) is 18.7 Å². The van der Waals surface area contributed by atoms with Crippen molar-refractivity contribution in [2.45, 2.75) is 44.9 Å². The van der Waals surface area contributed by atoms with E-state index in [0.717, 1.165) is 35.4 Å². The molecule has 7 heteroatoms. The van der Waals surface area contributed by atoms with E-state index in [0.29, 0.717) is 0 Å². The minimum Gasteiger partial charge on any atom is -0.368 e. The summed E-state index contributed by atoms with van der Waals surface area (Å²) in [6.07, 6.45) is 3.55. The SMILES string of the molecule is Cc1cnc(N)nc1[C@@]12CC[C@@H](c3cc(-c4c(F)cccc4F)nnc31)C2(C)C. The van der Waals surface area contributed by atoms with Gasteiger partial charge < -0.3 is 5.73 Å². The number of halogens is 2. The van der Waals surface area contributed by atoms with Crippen LogP contribution in [-0.4, -0.2) is 20.2 Å². The minimum absolute atomic E-state index is 0.139. The van der Waals surface area contributed by atoms with E-state index in [9.17, 15) is 8.78 Å². The lowest BCUT2D eigenvalue weighted by atomic mass is 9.65. The van der Waals surface area contributed by atoms with Crippen LogP contribution in [0, 0.1) is 24.0 Å². The molecule has 0 unspecified atom stereocenters. The van der Waals surface area contributed by atoms with Crippen molar-refractivity contribution in [3.63, 3.8) is 0 Å². The molecule has 5 nitrogen and oxygen atoms in total. The van der Waals surface area contributed by atoms with Gasteiger partial charge in [-0.1, -0.05) is 19.9 Å². The van der Waals surface area contributed by atoms with E-state index < -0.39 is 17.0 Å². The summed E-state index contributed by atoms with van der Waals surface area (Å²) in [5.41, 5.74) is 9.01. The molecule has 0 aliphatic heterocycles. The maximum Gasteiger partial charge on any atom is 0.220 e. The van der Waals surface area contributed by atoms with Gasteiger partial charge in [0.1, 0.15) is 11.6 Å². The molecule has 29 heavy (non-hydrogen) atoms. The number of aryl methyl sites for hydroxylation is 1. The van der Waals surface area contributed by atoms with E-state index in [2.05, 4.69) is 34.0 Å². The first-order valence-corrected chi connectivity index (χ1v) is 9.69. The molecule has 1 saturated carbocycles. The van der Waals surface area contributed by atoms with Crippen LogP contribution in [0.1, 0.15) is 55.1 Å². The Balaban J connectivity index is 1.76. The molecule has 2 aliphatic carbocycles. The van der Waals surface area contributed by atoms with E-state index in [4.69, 9.17) is 5.73 Å². The molecule has 2 heterocycles. The number of hydrogen-bond donors (Lipinski definition) is 1. The summed E-state index contributed by atoms with van der Waals surface area (Å²) >= 11 is 0. The summed E-state index contributed by atoms with van der Waals surface area (Å²) in [6.45, 7) is 6.38. The Morgan fingerprint density at radius 3 is 2.55 bits per heavy atom. The molecule has 148 valence electrons. The van der Waals surface area contributed by atoms with Crippen LogP contribution >= 0.6 is 0 Å². The summed E-state index contributed by atoms with van der Waals surface area (Å²) in [6, 6.07) is 5.62. The molecular weight excluding hydrogens is 372 g/mol. The largest absolute Gasteiger partial charge is 0.368 e. The highest BCUT2D eigenvalue weighted by Gasteiger charge is 2.65. The Hall–Kier alpha value is -2.96. The molecule has 2 atom stereocenters. The van der Waals surface area contributed by atoms with Crippen molar-refractivity contribution in [2.24, 2.45) is 5.41 Å². The average Bonchev–Trinajstić information content (AvgIpc) is 3.05. The zero-order chi connectivity index (χ0) is 20.6. The van der Waals surface area contributed by atoms with Crippen molar-refractivity contribution in [2.75, 3.05) is 5.73 Å². The normalized spacial score (nSPS) is 24.0. The lowest BCUT2D eigenvalue weighted by Gasteiger charge is -2.38. The predicted octanol–water partition coefficient (Wildman–Crippen LogP) is 4.31. The maximum absolute atomic E-state index is 14.3. The highest BCUT2D eigenvalue weighted by Crippen LogP contribution is 2.69. The molecule has 1 fully saturated rings. The number of nitrogens with zero attached hydrogens (tertiary/aromatic N) is 4. The molecule has 2 aliphatic rings. The third-order valence-corrected chi connectivity index (χ3v) is 7.00. The summed E-state index contributed by atoms with van der Waals surface area (Å²) in [5, 5.41) is 8.78. The number of anilines is 1. The minimum atomic E-state index is -0.643. The second kappa shape index (κ2) is 5.78. The maximum atomic E-state index is 14.3. The van der Waals surface area contributed by atoms with Crippen molar-refractivity contribution in [3.8, 4) is 11.3 Å². The Kier molecular flexibility index (Phi) is 3.61. The van der Waals surface area contributed by atoms with Crippen molar-refractivity contribution < 1.29 is 8.78 Å². The van der Waals surface area contributed by atoms with Gasteiger partial charge in [-0.2, -0.15) is 5.10 Å². The number of nitrogen functional groups attached to an aromatic ring is 1. The van der Waals surface area contributed by atoms with Crippen LogP contribution in [0.3, 0.4) is 0 Å². The Morgan fingerprint density at radius 2 is 1.83 bits per heavy atom. The molecule has 2 N–H and O–H groups in total. The monoisotopic (exact) mass is 393 g/mol. The molecule has 0 amide bonds. The molecule has 5 rings (SSSR count). The standard InChI is InChI=1S/C22H21F2N5/c1-11-10-26-20(25)27-18(11)22-8-7-13(21(22,2)3)12-9-16(28-29-19(12)22)17-14(23)5-4-6-15(17)24/h4-6,9-10,13H,7-8H2,1-3H3,(H2,25,26,27)/t13-,22-/m0/s1. The van der Waals surface area contributed by atoms with Crippen molar-refractivity contribution in [1.29, 1.82) is 0 Å². The second-order valence-electron chi connectivity index (χ2n) is 8.61. The van der Waals surface area contributed by atoms with Crippen LogP contribution in [0.4, 0.5) is 14.7 Å². The third-order valence-electron chi connectivity index (χ3n) is 7.00. The van der Waals surface area contributed by atoms with Gasteiger partial charge >= 0.3 is 0 Å². The quantitative estimate of drug-likeness (QED) is 0.702. The van der Waals surface area contributed by atoms with Gasteiger partial charge in [-0.05, 0) is 60.4 Å². The van der Waals surface area contributed by atoms with Crippen LogP contribution in [0.15, 0.2) is 30.5 Å². The van der Waals surface area contributed by atoms with Gasteiger partial charge in [0.2, 0.25) is 5.95 Å². The summed E-state index contributed by atoms with van der Waals surface area (Å²) in [4.78, 5) is 8.72. The molecule has 2 aromatic heterocycles. The smallest absolute Gasteiger partial charge is 0.220 e. The highest BCUT2D eigenvalue weighted by molar-refractivity contribution is 5.64. The Morgan fingerprint density at radius 1 is 1.10 bits per heavy atom. The fourth-order valence-corrected chi connectivity index (χ4v) is 5.60. The first-order chi connectivity index (χ1) is 13.8. The molecule has 0 saturated heterocycles. The van der Waals surface area contributed by atoms with Crippen molar-refractivity contribution in [3.05, 3.63) is 64.6 Å². The first kappa shape index (κ1) is 18.1. The first-order valence-electron chi connectivity index (χ1n) is 9.69. The lowest BCUT2D eigenvalue weighted by Crippen LogP contribution is -2.38. The molecular formula is C22H21F2N5. The average molecular weight is 393 g/mol. The van der Waals surface area contributed by atoms with E-state index in [1.165, 1.54) is 18.2 Å². The van der Waals surface area contributed by atoms with Gasteiger partial charge in [0.15, 0.2) is 0 Å². The fraction of sp³-hybridized carbons (Fsp3) is 0.364. The number of aromatic nitrogens is 4. The Labute approximate surface area is 167 Å². The number of hydrogen-bond acceptors (Lipinski definition) is 5. The molecule has 2 bridgehead atoms. The van der Waals surface area contributed by atoms with E-state index in [1.807, 2.05) is 6.92 Å². The summed E-state index contributed by atoms with van der Waals surface area (Å²) in [7, 11) is 0. The van der Waals surface area contributed by atoms with Crippen LogP contribution < -0.4 is 5.73 Å². The van der Waals surface area contributed by atoms with Crippen LogP contribution in [0.2, 0.25) is 0 Å². The second-order valence-corrected chi connectivity index (χ2v) is 8.61. The zero-order valence-corrected chi connectivity index (χ0v) is 16.5. The van der Waals surface area contributed by atoms with Gasteiger partial charge in [0, 0.05) is 6.20 Å². The fourth-order valence-electron chi connectivity index (χ4n) is 5.60. The molecule has 0 spiro atoms. The summed E-state index contributed by atoms with van der Waals surface area (Å²) in [5.74, 6) is -0.866. The Bertz CT molecular complexity index is 1140.